The highest BCUT2D eigenvalue weighted by Gasteiger charge is 2.36. The van der Waals surface area contributed by atoms with Crippen molar-refractivity contribution in [3.8, 4) is 5.69 Å². The molecule has 0 N–H and O–H groups in total. The van der Waals surface area contributed by atoms with E-state index in [0.717, 1.165) is 47.1 Å². The molecular weight excluding hydrogens is 491 g/mol. The number of nitrogens with zero attached hydrogens (tertiary/aromatic N) is 4. The molecule has 3 heterocycles. The van der Waals surface area contributed by atoms with Crippen molar-refractivity contribution in [1.29, 1.82) is 0 Å². The van der Waals surface area contributed by atoms with Gasteiger partial charge in [-0.3, -0.25) is 4.90 Å². The summed E-state index contributed by atoms with van der Waals surface area (Å²) in [4.78, 5) is 2.43. The van der Waals surface area contributed by atoms with Gasteiger partial charge in [0.15, 0.2) is 0 Å². The smallest absolute Gasteiger partial charge is 0.214 e. The van der Waals surface area contributed by atoms with Crippen LogP contribution in [0.3, 0.4) is 0 Å². The van der Waals surface area contributed by atoms with Crippen LogP contribution in [0.5, 0.6) is 0 Å². The Morgan fingerprint density at radius 1 is 1.11 bits per heavy atom. The van der Waals surface area contributed by atoms with Gasteiger partial charge in [-0.15, -0.1) is 0 Å². The predicted octanol–water partition coefficient (Wildman–Crippen LogP) is 4.54. The van der Waals surface area contributed by atoms with Crippen LogP contribution in [-0.2, 0) is 14.8 Å². The Kier molecular flexibility index (Phi) is 7.68. The SMILES string of the molecule is Cc1cc2c(cnn2-c2ccc(F)cc2)cc1C1CN(S(=O)(=O)CC2CCOCC2)CCN1CC(C)C. The van der Waals surface area contributed by atoms with Crippen LogP contribution in [0.2, 0.25) is 0 Å². The number of hydrogen-bond donors (Lipinski definition) is 0. The van der Waals surface area contributed by atoms with Crippen molar-refractivity contribution in [3.05, 3.63) is 59.5 Å². The molecule has 200 valence electrons. The van der Waals surface area contributed by atoms with E-state index in [9.17, 15) is 12.8 Å². The molecule has 0 amide bonds. The lowest BCUT2D eigenvalue weighted by Gasteiger charge is -2.42. The van der Waals surface area contributed by atoms with Crippen molar-refractivity contribution in [3.63, 3.8) is 0 Å². The second kappa shape index (κ2) is 10.8. The largest absolute Gasteiger partial charge is 0.381 e. The molecular formula is C28H37FN4O3S. The summed E-state index contributed by atoms with van der Waals surface area (Å²) in [5, 5.41) is 5.56. The predicted molar refractivity (Wildman–Crippen MR) is 144 cm³/mol. The Hall–Kier alpha value is -2.33. The fourth-order valence-corrected chi connectivity index (χ4v) is 7.56. The zero-order chi connectivity index (χ0) is 26.2. The molecule has 7 nitrogen and oxygen atoms in total. The van der Waals surface area contributed by atoms with E-state index in [-0.39, 0.29) is 23.5 Å². The summed E-state index contributed by atoms with van der Waals surface area (Å²) in [7, 11) is -3.36. The molecule has 0 spiro atoms. The average molecular weight is 529 g/mol. The normalized spacial score (nSPS) is 20.7. The zero-order valence-corrected chi connectivity index (χ0v) is 22.8. The number of hydrogen-bond acceptors (Lipinski definition) is 5. The molecule has 0 aliphatic carbocycles. The van der Waals surface area contributed by atoms with Crippen LogP contribution in [0.15, 0.2) is 42.6 Å². The van der Waals surface area contributed by atoms with Crippen LogP contribution >= 0.6 is 0 Å². The minimum atomic E-state index is -3.36. The van der Waals surface area contributed by atoms with Gasteiger partial charge in [-0.2, -0.15) is 9.40 Å². The van der Waals surface area contributed by atoms with Gasteiger partial charge in [-0.05, 0) is 79.1 Å². The number of ether oxygens (including phenoxy) is 1. The van der Waals surface area contributed by atoms with Crippen LogP contribution in [0.25, 0.3) is 16.6 Å². The van der Waals surface area contributed by atoms with Gasteiger partial charge in [0, 0.05) is 50.8 Å². The van der Waals surface area contributed by atoms with E-state index in [1.54, 1.807) is 16.4 Å². The summed E-state index contributed by atoms with van der Waals surface area (Å²) >= 11 is 0. The van der Waals surface area contributed by atoms with Gasteiger partial charge >= 0.3 is 0 Å². The summed E-state index contributed by atoms with van der Waals surface area (Å²) in [6.45, 7) is 10.4. The summed E-state index contributed by atoms with van der Waals surface area (Å²) in [6, 6.07) is 10.6. The molecule has 0 saturated carbocycles. The summed E-state index contributed by atoms with van der Waals surface area (Å²) in [6.07, 6.45) is 3.45. The van der Waals surface area contributed by atoms with Crippen molar-refractivity contribution in [2.45, 2.75) is 39.7 Å². The first-order chi connectivity index (χ1) is 17.7. The molecule has 0 radical (unpaired) electrons. The van der Waals surface area contributed by atoms with Gasteiger partial charge in [0.05, 0.1) is 23.2 Å². The first kappa shape index (κ1) is 26.3. The third kappa shape index (κ3) is 5.74. The lowest BCUT2D eigenvalue weighted by molar-refractivity contribution is 0.0712. The lowest BCUT2D eigenvalue weighted by Crippen LogP contribution is -2.52. The molecule has 1 unspecified atom stereocenters. The number of sulfonamides is 1. The molecule has 3 aromatic rings. The fraction of sp³-hybridized carbons (Fsp3) is 0.536. The Morgan fingerprint density at radius 2 is 1.84 bits per heavy atom. The number of rotatable bonds is 7. The molecule has 2 aromatic carbocycles. The fourth-order valence-electron chi connectivity index (χ4n) is 5.69. The van der Waals surface area contributed by atoms with Crippen LogP contribution in [0.1, 0.15) is 43.9 Å². The molecule has 5 rings (SSSR count). The number of piperazine rings is 1. The van der Waals surface area contributed by atoms with E-state index in [2.05, 4.69) is 42.9 Å². The van der Waals surface area contributed by atoms with Gasteiger partial charge in [0.25, 0.3) is 0 Å². The highest BCUT2D eigenvalue weighted by molar-refractivity contribution is 7.89. The van der Waals surface area contributed by atoms with Crippen molar-refractivity contribution in [1.82, 2.24) is 19.0 Å². The van der Waals surface area contributed by atoms with Crippen molar-refractivity contribution in [2.24, 2.45) is 11.8 Å². The van der Waals surface area contributed by atoms with Crippen molar-refractivity contribution >= 4 is 20.9 Å². The first-order valence-corrected chi connectivity index (χ1v) is 14.9. The van der Waals surface area contributed by atoms with Crippen LogP contribution in [0.4, 0.5) is 4.39 Å². The standard InChI is InChI=1S/C28H37FN4O3S/c1-20(2)17-31-10-11-32(37(34,35)19-22-8-12-36-13-9-22)18-28(31)26-15-23-16-30-33(27(23)14-21(26)3)25-6-4-24(29)5-7-25/h4-7,14-16,20,22,28H,8-13,17-19H2,1-3H3. The number of halogens is 1. The maximum absolute atomic E-state index is 13.5. The highest BCUT2D eigenvalue weighted by Crippen LogP contribution is 2.33. The summed E-state index contributed by atoms with van der Waals surface area (Å²) in [5.74, 6) is 0.562. The number of fused-ring (bicyclic) bond motifs is 1. The van der Waals surface area contributed by atoms with Gasteiger partial charge in [-0.25, -0.2) is 17.5 Å². The van der Waals surface area contributed by atoms with E-state index in [4.69, 9.17) is 4.74 Å². The molecule has 2 aliphatic heterocycles. The number of aromatic nitrogens is 2. The van der Waals surface area contributed by atoms with Crippen molar-refractivity contribution in [2.75, 3.05) is 45.1 Å². The van der Waals surface area contributed by atoms with Gasteiger partial charge in [-0.1, -0.05) is 13.8 Å². The molecule has 0 bridgehead atoms. The Labute approximate surface area is 219 Å². The van der Waals surface area contributed by atoms with Gasteiger partial charge in [0.2, 0.25) is 10.0 Å². The Balaban J connectivity index is 1.45. The molecule has 2 saturated heterocycles. The monoisotopic (exact) mass is 528 g/mol. The second-order valence-corrected chi connectivity index (χ2v) is 12.9. The van der Waals surface area contributed by atoms with Crippen LogP contribution < -0.4 is 0 Å². The van der Waals surface area contributed by atoms with Crippen molar-refractivity contribution < 1.29 is 17.5 Å². The maximum atomic E-state index is 13.5. The topological polar surface area (TPSA) is 67.7 Å². The van der Waals surface area contributed by atoms with E-state index >= 15 is 0 Å². The second-order valence-electron chi connectivity index (χ2n) is 10.9. The van der Waals surface area contributed by atoms with Crippen LogP contribution in [0, 0.1) is 24.6 Å². The van der Waals surface area contributed by atoms with Crippen LogP contribution in [-0.4, -0.2) is 72.5 Å². The zero-order valence-electron chi connectivity index (χ0n) is 21.9. The molecule has 9 heteroatoms. The molecule has 2 aliphatic rings. The lowest BCUT2D eigenvalue weighted by atomic mass is 9.96. The van der Waals surface area contributed by atoms with E-state index < -0.39 is 10.0 Å². The van der Waals surface area contributed by atoms with E-state index in [1.807, 2.05) is 10.9 Å². The van der Waals surface area contributed by atoms with E-state index in [0.29, 0.717) is 38.8 Å². The van der Waals surface area contributed by atoms with Gasteiger partial charge in [0.1, 0.15) is 5.82 Å². The minimum Gasteiger partial charge on any atom is -0.381 e. The molecule has 1 aromatic heterocycles. The maximum Gasteiger partial charge on any atom is 0.214 e. The summed E-state index contributed by atoms with van der Waals surface area (Å²) < 4.78 is 49.4. The van der Waals surface area contributed by atoms with E-state index in [1.165, 1.54) is 12.1 Å². The minimum absolute atomic E-state index is 0.0285. The number of benzene rings is 2. The highest BCUT2D eigenvalue weighted by atomic mass is 32.2. The quantitative estimate of drug-likeness (QED) is 0.450. The third-order valence-corrected chi connectivity index (χ3v) is 9.63. The Morgan fingerprint density at radius 3 is 2.54 bits per heavy atom. The molecule has 2 fully saturated rings. The first-order valence-electron chi connectivity index (χ1n) is 13.2. The molecule has 37 heavy (non-hydrogen) atoms. The Bertz CT molecular complexity index is 1330. The van der Waals surface area contributed by atoms with Gasteiger partial charge < -0.3 is 4.74 Å². The average Bonchev–Trinajstić information content (AvgIpc) is 3.27. The molecule has 1 atom stereocenters. The third-order valence-electron chi connectivity index (χ3n) is 7.62. The number of aryl methyl sites for hydroxylation is 1. The summed E-state index contributed by atoms with van der Waals surface area (Å²) in [5.41, 5.74) is 3.98.